The van der Waals surface area contributed by atoms with Crippen molar-refractivity contribution in [2.45, 2.75) is 19.3 Å². The average molecular weight is 868 g/mol. The molecule has 0 bridgehead atoms. The van der Waals surface area contributed by atoms with E-state index in [4.69, 9.17) is 0 Å². The molecule has 322 valence electrons. The van der Waals surface area contributed by atoms with Gasteiger partial charge >= 0.3 is 0 Å². The molecule has 0 unspecified atom stereocenters. The molecule has 0 saturated carbocycles. The Labute approximate surface area is 399 Å². The minimum absolute atomic E-state index is 0.0576. The number of fused-ring (bicyclic) bond motifs is 4. The lowest BCUT2D eigenvalue weighted by atomic mass is 9.81. The van der Waals surface area contributed by atoms with Crippen molar-refractivity contribution in [3.05, 3.63) is 272 Å². The average Bonchev–Trinajstić information content (AvgIpc) is 3.64. The van der Waals surface area contributed by atoms with Crippen molar-refractivity contribution >= 4 is 27.8 Å². The maximum Gasteiger partial charge on any atom is 0.0473 e. The van der Waals surface area contributed by atoms with Crippen LogP contribution in [0.2, 0.25) is 0 Å². The van der Waals surface area contributed by atoms with Crippen LogP contribution in [0, 0.1) is 0 Å². The lowest BCUT2D eigenvalue weighted by Gasteiger charge is -2.27. The third-order valence-electron chi connectivity index (χ3n) is 14.1. The zero-order chi connectivity index (χ0) is 45.6. The molecule has 1 nitrogen and oxygen atoms in total. The summed E-state index contributed by atoms with van der Waals surface area (Å²) in [7, 11) is 0. The fourth-order valence-electron chi connectivity index (χ4n) is 10.4. The third-order valence-corrected chi connectivity index (χ3v) is 14.1. The Balaban J connectivity index is 0.898. The maximum atomic E-state index is 2.41. The van der Waals surface area contributed by atoms with Crippen molar-refractivity contribution in [3.8, 4) is 77.9 Å². The van der Waals surface area contributed by atoms with Crippen molar-refractivity contribution < 1.29 is 0 Å². The minimum Gasteiger partial charge on any atom is -0.310 e. The second-order valence-corrected chi connectivity index (χ2v) is 18.6. The molecule has 11 aromatic carbocycles. The smallest absolute Gasteiger partial charge is 0.0473 e. The van der Waals surface area contributed by atoms with Crippen molar-refractivity contribution in [3.63, 3.8) is 0 Å². The molecule has 0 saturated heterocycles. The molecule has 0 amide bonds. The molecule has 1 heteroatoms. The SMILES string of the molecule is CC1(C)c2ccccc2-c2ccc(-c3ccc(N(c4ccc(-c5ccc(-c6cccc(-c7ccc8ccccc8c7)c6)cc5)cc4)c4cc(-c5ccccc5)cc(-c5ccccc5)c4)cc3)cc21. The lowest BCUT2D eigenvalue weighted by molar-refractivity contribution is 0.660. The van der Waals surface area contributed by atoms with Gasteiger partial charge in [0, 0.05) is 22.5 Å². The van der Waals surface area contributed by atoms with Gasteiger partial charge in [0.2, 0.25) is 0 Å². The van der Waals surface area contributed by atoms with E-state index in [-0.39, 0.29) is 5.41 Å². The highest BCUT2D eigenvalue weighted by atomic mass is 15.1. The van der Waals surface area contributed by atoms with E-state index in [2.05, 4.69) is 280 Å². The fraction of sp³-hybridized carbons (Fsp3) is 0.0448. The summed E-state index contributed by atoms with van der Waals surface area (Å²) in [6.07, 6.45) is 0. The van der Waals surface area contributed by atoms with Gasteiger partial charge in [-0.25, -0.2) is 0 Å². The van der Waals surface area contributed by atoms with Gasteiger partial charge in [-0.1, -0.05) is 214 Å². The fourth-order valence-corrected chi connectivity index (χ4v) is 10.4. The summed E-state index contributed by atoms with van der Waals surface area (Å²) in [6.45, 7) is 4.70. The predicted octanol–water partition coefficient (Wildman–Crippen LogP) is 18.6. The molecular formula is C67H49N. The molecular weight excluding hydrogens is 819 g/mol. The van der Waals surface area contributed by atoms with E-state index >= 15 is 0 Å². The number of hydrogen-bond acceptors (Lipinski definition) is 1. The number of benzene rings is 11. The molecule has 0 N–H and O–H groups in total. The zero-order valence-electron chi connectivity index (χ0n) is 38.3. The zero-order valence-corrected chi connectivity index (χ0v) is 38.3. The summed E-state index contributed by atoms with van der Waals surface area (Å²) < 4.78 is 0. The first kappa shape index (κ1) is 40.9. The standard InChI is InChI=1S/C67H49N/c1-67(2)65-23-12-11-22-63(65)64-39-34-57(45-66(64)67)52-32-37-61(38-33-52)68(62-43-58(46-14-5-3-6-15-46)42-59(44-62)47-16-7-4-8-17-47)60-35-30-50(31-36-60)49-24-26-51(27-25-49)54-20-13-21-55(40-54)56-29-28-48-18-9-10-19-53(48)41-56/h3-45H,1-2H3. The van der Waals surface area contributed by atoms with Crippen molar-refractivity contribution in [2.75, 3.05) is 4.90 Å². The summed E-state index contributed by atoms with van der Waals surface area (Å²) in [5.74, 6) is 0. The molecule has 0 heterocycles. The highest BCUT2D eigenvalue weighted by molar-refractivity contribution is 5.90. The normalized spacial score (nSPS) is 12.4. The van der Waals surface area contributed by atoms with Crippen LogP contribution < -0.4 is 4.90 Å². The lowest BCUT2D eigenvalue weighted by Crippen LogP contribution is -2.14. The molecule has 0 spiro atoms. The Bertz CT molecular complexity index is 3550. The van der Waals surface area contributed by atoms with Crippen LogP contribution in [0.4, 0.5) is 17.1 Å². The monoisotopic (exact) mass is 867 g/mol. The van der Waals surface area contributed by atoms with E-state index in [0.717, 1.165) is 17.1 Å². The Morgan fingerprint density at radius 1 is 0.235 bits per heavy atom. The van der Waals surface area contributed by atoms with Gasteiger partial charge in [-0.3, -0.25) is 0 Å². The van der Waals surface area contributed by atoms with E-state index in [1.807, 2.05) is 0 Å². The second-order valence-electron chi connectivity index (χ2n) is 18.6. The number of hydrogen-bond donors (Lipinski definition) is 0. The van der Waals surface area contributed by atoms with Crippen LogP contribution in [0.5, 0.6) is 0 Å². The molecule has 0 aromatic heterocycles. The highest BCUT2D eigenvalue weighted by Crippen LogP contribution is 2.50. The Morgan fingerprint density at radius 2 is 0.632 bits per heavy atom. The predicted molar refractivity (Wildman–Crippen MR) is 289 cm³/mol. The number of anilines is 3. The van der Waals surface area contributed by atoms with Gasteiger partial charge in [-0.2, -0.15) is 0 Å². The van der Waals surface area contributed by atoms with Crippen LogP contribution in [0.15, 0.2) is 261 Å². The molecule has 0 radical (unpaired) electrons. The van der Waals surface area contributed by atoms with Crippen LogP contribution in [0.3, 0.4) is 0 Å². The summed E-state index contributed by atoms with van der Waals surface area (Å²) in [6, 6.07) is 95.6. The molecule has 0 atom stereocenters. The summed E-state index contributed by atoms with van der Waals surface area (Å²) in [5, 5.41) is 2.51. The molecule has 0 fully saturated rings. The highest BCUT2D eigenvalue weighted by Gasteiger charge is 2.35. The summed E-state index contributed by atoms with van der Waals surface area (Å²) in [5.41, 5.74) is 23.0. The number of nitrogens with zero attached hydrogens (tertiary/aromatic N) is 1. The molecule has 1 aliphatic rings. The van der Waals surface area contributed by atoms with Crippen LogP contribution in [-0.4, -0.2) is 0 Å². The molecule has 1 aliphatic carbocycles. The van der Waals surface area contributed by atoms with E-state index < -0.39 is 0 Å². The first-order valence-corrected chi connectivity index (χ1v) is 23.6. The van der Waals surface area contributed by atoms with E-state index in [1.165, 1.54) is 99.8 Å². The Kier molecular flexibility index (Phi) is 10.3. The van der Waals surface area contributed by atoms with Crippen LogP contribution in [0.25, 0.3) is 88.7 Å². The first-order chi connectivity index (χ1) is 33.4. The van der Waals surface area contributed by atoms with Gasteiger partial charge in [0.05, 0.1) is 0 Å². The van der Waals surface area contributed by atoms with Crippen molar-refractivity contribution in [1.82, 2.24) is 0 Å². The summed E-state index contributed by atoms with van der Waals surface area (Å²) in [4.78, 5) is 2.40. The Hall–Kier alpha value is -8.52. The van der Waals surface area contributed by atoms with Gasteiger partial charge < -0.3 is 4.90 Å². The number of rotatable bonds is 9. The Morgan fingerprint density at radius 3 is 1.25 bits per heavy atom. The third kappa shape index (κ3) is 7.59. The van der Waals surface area contributed by atoms with Gasteiger partial charge in [-0.15, -0.1) is 0 Å². The van der Waals surface area contributed by atoms with E-state index in [9.17, 15) is 0 Å². The topological polar surface area (TPSA) is 3.24 Å². The van der Waals surface area contributed by atoms with Crippen LogP contribution in [-0.2, 0) is 5.41 Å². The van der Waals surface area contributed by atoms with Crippen LogP contribution >= 0.6 is 0 Å². The molecule has 0 aliphatic heterocycles. The van der Waals surface area contributed by atoms with E-state index in [0.29, 0.717) is 0 Å². The van der Waals surface area contributed by atoms with Crippen molar-refractivity contribution in [2.24, 2.45) is 0 Å². The quantitative estimate of drug-likeness (QED) is 0.140. The summed E-state index contributed by atoms with van der Waals surface area (Å²) >= 11 is 0. The van der Waals surface area contributed by atoms with E-state index in [1.54, 1.807) is 0 Å². The van der Waals surface area contributed by atoms with Crippen molar-refractivity contribution in [1.29, 1.82) is 0 Å². The second kappa shape index (κ2) is 17.0. The van der Waals surface area contributed by atoms with Crippen LogP contribution in [0.1, 0.15) is 25.0 Å². The van der Waals surface area contributed by atoms with Gasteiger partial charge in [0.25, 0.3) is 0 Å². The molecule has 11 aromatic rings. The minimum atomic E-state index is -0.0576. The van der Waals surface area contributed by atoms with Gasteiger partial charge in [0.1, 0.15) is 0 Å². The largest absolute Gasteiger partial charge is 0.310 e. The van der Waals surface area contributed by atoms with Gasteiger partial charge in [0.15, 0.2) is 0 Å². The molecule has 12 rings (SSSR count). The first-order valence-electron chi connectivity index (χ1n) is 23.6. The molecule has 68 heavy (non-hydrogen) atoms. The maximum absolute atomic E-state index is 2.41. The van der Waals surface area contributed by atoms with Gasteiger partial charge in [-0.05, 0) is 160 Å².